The van der Waals surface area contributed by atoms with Gasteiger partial charge in [-0.2, -0.15) is 0 Å². The molecule has 0 unspecified atom stereocenters. The summed E-state index contributed by atoms with van der Waals surface area (Å²) in [6.07, 6.45) is 1.51. The molecule has 0 aromatic heterocycles. The van der Waals surface area contributed by atoms with Gasteiger partial charge in [0.2, 0.25) is 5.91 Å². The van der Waals surface area contributed by atoms with Crippen molar-refractivity contribution in [2.45, 2.75) is 19.8 Å². The van der Waals surface area contributed by atoms with Crippen LogP contribution in [0.5, 0.6) is 0 Å². The Labute approximate surface area is 132 Å². The smallest absolute Gasteiger partial charge is 0.309 e. The number of hydrogen-bond donors (Lipinski definition) is 1. The second kappa shape index (κ2) is 6.93. The Bertz CT molecular complexity index is 540. The van der Waals surface area contributed by atoms with Crippen LogP contribution in [0.2, 0.25) is 0 Å². The summed E-state index contributed by atoms with van der Waals surface area (Å²) in [5.41, 5.74) is 6.75. The number of rotatable bonds is 4. The maximum atomic E-state index is 11.7. The lowest BCUT2D eigenvalue weighted by atomic mass is 9.96. The first kappa shape index (κ1) is 15.8. The standard InChI is InChI=1S/C15H19BrN2O3/c1-2-21-15(20)10-5-7-18(8-6-10)13-9-11(14(17)19)3-4-12(13)16/h3-4,9-10H,2,5-8H2,1H3,(H2,17,19). The van der Waals surface area contributed by atoms with Crippen LogP contribution >= 0.6 is 15.9 Å². The molecule has 2 N–H and O–H groups in total. The number of halogens is 1. The highest BCUT2D eigenvalue weighted by Crippen LogP contribution is 2.31. The van der Waals surface area contributed by atoms with Crippen LogP contribution < -0.4 is 10.6 Å². The molecule has 0 radical (unpaired) electrons. The Kier molecular flexibility index (Phi) is 5.22. The third-order valence-corrected chi connectivity index (χ3v) is 4.36. The molecular formula is C15H19BrN2O3. The first-order valence-corrected chi connectivity index (χ1v) is 7.83. The number of nitrogens with zero attached hydrogens (tertiary/aromatic N) is 1. The predicted molar refractivity (Wildman–Crippen MR) is 84.2 cm³/mol. The number of piperidine rings is 1. The van der Waals surface area contributed by atoms with Crippen molar-refractivity contribution in [1.29, 1.82) is 0 Å². The second-order valence-electron chi connectivity index (χ2n) is 5.04. The topological polar surface area (TPSA) is 72.6 Å². The number of carbonyl (C=O) groups is 2. The van der Waals surface area contributed by atoms with Gasteiger partial charge in [-0.3, -0.25) is 9.59 Å². The minimum atomic E-state index is -0.440. The molecule has 0 aliphatic carbocycles. The first-order valence-electron chi connectivity index (χ1n) is 7.04. The molecule has 1 fully saturated rings. The lowest BCUT2D eigenvalue weighted by Crippen LogP contribution is -2.37. The van der Waals surface area contributed by atoms with Crippen LogP contribution in [0.1, 0.15) is 30.1 Å². The zero-order valence-corrected chi connectivity index (χ0v) is 13.6. The summed E-state index contributed by atoms with van der Waals surface area (Å²) < 4.78 is 5.99. The van der Waals surface area contributed by atoms with Crippen LogP contribution in [0.25, 0.3) is 0 Å². The number of anilines is 1. The van der Waals surface area contributed by atoms with Crippen molar-refractivity contribution in [2.24, 2.45) is 11.7 Å². The Hall–Kier alpha value is -1.56. The summed E-state index contributed by atoms with van der Waals surface area (Å²) in [5, 5.41) is 0. The van der Waals surface area contributed by atoms with Gasteiger partial charge in [0, 0.05) is 23.1 Å². The van der Waals surface area contributed by atoms with Gasteiger partial charge in [0.15, 0.2) is 0 Å². The zero-order chi connectivity index (χ0) is 15.4. The zero-order valence-electron chi connectivity index (χ0n) is 12.0. The molecule has 1 amide bonds. The number of ether oxygens (including phenoxy) is 1. The number of carbonyl (C=O) groups excluding carboxylic acids is 2. The number of benzene rings is 1. The van der Waals surface area contributed by atoms with E-state index in [2.05, 4.69) is 20.8 Å². The van der Waals surface area contributed by atoms with Crippen molar-refractivity contribution >= 4 is 33.5 Å². The van der Waals surface area contributed by atoms with Gasteiger partial charge < -0.3 is 15.4 Å². The van der Waals surface area contributed by atoms with Gasteiger partial charge >= 0.3 is 5.97 Å². The van der Waals surface area contributed by atoms with Crippen LogP contribution in [0.3, 0.4) is 0 Å². The summed E-state index contributed by atoms with van der Waals surface area (Å²) >= 11 is 3.50. The van der Waals surface area contributed by atoms with Gasteiger partial charge in [-0.1, -0.05) is 0 Å². The van der Waals surface area contributed by atoms with Crippen LogP contribution in [-0.4, -0.2) is 31.6 Å². The molecule has 21 heavy (non-hydrogen) atoms. The molecule has 1 aromatic carbocycles. The quantitative estimate of drug-likeness (QED) is 0.842. The Morgan fingerprint density at radius 1 is 1.38 bits per heavy atom. The van der Waals surface area contributed by atoms with Crippen molar-refractivity contribution in [2.75, 3.05) is 24.6 Å². The summed E-state index contributed by atoms with van der Waals surface area (Å²) in [7, 11) is 0. The molecule has 1 aliphatic rings. The molecule has 0 atom stereocenters. The van der Waals surface area contributed by atoms with Gasteiger partial charge in [-0.05, 0) is 53.9 Å². The largest absolute Gasteiger partial charge is 0.466 e. The maximum absolute atomic E-state index is 11.7. The van der Waals surface area contributed by atoms with Crippen molar-refractivity contribution in [3.8, 4) is 0 Å². The minimum Gasteiger partial charge on any atom is -0.466 e. The predicted octanol–water partition coefficient (Wildman–Crippen LogP) is 2.33. The molecule has 114 valence electrons. The fourth-order valence-electron chi connectivity index (χ4n) is 2.52. The highest BCUT2D eigenvalue weighted by atomic mass is 79.9. The van der Waals surface area contributed by atoms with Crippen molar-refractivity contribution < 1.29 is 14.3 Å². The molecule has 1 heterocycles. The summed E-state index contributed by atoms with van der Waals surface area (Å²) in [6, 6.07) is 5.31. The lowest BCUT2D eigenvalue weighted by molar-refractivity contribution is -0.148. The van der Waals surface area contributed by atoms with Crippen LogP contribution in [-0.2, 0) is 9.53 Å². The van der Waals surface area contributed by atoms with E-state index in [9.17, 15) is 9.59 Å². The molecule has 1 saturated heterocycles. The number of esters is 1. The van der Waals surface area contributed by atoms with E-state index in [1.54, 1.807) is 12.1 Å². The normalized spacial score (nSPS) is 15.8. The monoisotopic (exact) mass is 354 g/mol. The van der Waals surface area contributed by atoms with E-state index in [4.69, 9.17) is 10.5 Å². The Morgan fingerprint density at radius 2 is 2.05 bits per heavy atom. The fourth-order valence-corrected chi connectivity index (χ4v) is 3.02. The highest BCUT2D eigenvalue weighted by molar-refractivity contribution is 9.10. The van der Waals surface area contributed by atoms with Gasteiger partial charge in [-0.15, -0.1) is 0 Å². The fraction of sp³-hybridized carbons (Fsp3) is 0.467. The van der Waals surface area contributed by atoms with Crippen LogP contribution in [0.15, 0.2) is 22.7 Å². The Morgan fingerprint density at radius 3 is 2.62 bits per heavy atom. The van der Waals surface area contributed by atoms with Crippen molar-refractivity contribution in [3.63, 3.8) is 0 Å². The number of amides is 1. The lowest BCUT2D eigenvalue weighted by Gasteiger charge is -2.33. The third-order valence-electron chi connectivity index (χ3n) is 3.69. The van der Waals surface area contributed by atoms with E-state index in [1.165, 1.54) is 0 Å². The summed E-state index contributed by atoms with van der Waals surface area (Å²) in [6.45, 7) is 3.75. The van der Waals surface area contributed by atoms with Crippen molar-refractivity contribution in [1.82, 2.24) is 0 Å². The molecule has 2 rings (SSSR count). The molecular weight excluding hydrogens is 336 g/mol. The Balaban J connectivity index is 2.07. The highest BCUT2D eigenvalue weighted by Gasteiger charge is 2.27. The SMILES string of the molecule is CCOC(=O)C1CCN(c2cc(C(N)=O)ccc2Br)CC1. The number of primary amides is 1. The molecule has 1 aliphatic heterocycles. The molecule has 5 nitrogen and oxygen atoms in total. The number of nitrogens with two attached hydrogens (primary N) is 1. The van der Waals surface area contributed by atoms with E-state index in [-0.39, 0.29) is 11.9 Å². The summed E-state index contributed by atoms with van der Waals surface area (Å²) in [5.74, 6) is -0.577. The number of hydrogen-bond acceptors (Lipinski definition) is 4. The van der Waals surface area contributed by atoms with Crippen LogP contribution in [0.4, 0.5) is 5.69 Å². The molecule has 0 spiro atoms. The van der Waals surface area contributed by atoms with Gasteiger partial charge in [-0.25, -0.2) is 0 Å². The average Bonchev–Trinajstić information content (AvgIpc) is 2.48. The van der Waals surface area contributed by atoms with E-state index in [1.807, 2.05) is 13.0 Å². The van der Waals surface area contributed by atoms with Crippen LogP contribution in [0, 0.1) is 5.92 Å². The molecule has 0 saturated carbocycles. The first-order chi connectivity index (χ1) is 10.0. The van der Waals surface area contributed by atoms with E-state index in [0.717, 1.165) is 36.1 Å². The van der Waals surface area contributed by atoms with E-state index in [0.29, 0.717) is 12.2 Å². The van der Waals surface area contributed by atoms with Crippen molar-refractivity contribution in [3.05, 3.63) is 28.2 Å². The van der Waals surface area contributed by atoms with Gasteiger partial charge in [0.1, 0.15) is 0 Å². The molecule has 6 heteroatoms. The van der Waals surface area contributed by atoms with E-state index < -0.39 is 5.91 Å². The van der Waals surface area contributed by atoms with Gasteiger partial charge in [0.05, 0.1) is 18.2 Å². The second-order valence-corrected chi connectivity index (χ2v) is 5.90. The molecule has 1 aromatic rings. The average molecular weight is 355 g/mol. The maximum Gasteiger partial charge on any atom is 0.309 e. The third kappa shape index (κ3) is 3.75. The van der Waals surface area contributed by atoms with E-state index >= 15 is 0 Å². The summed E-state index contributed by atoms with van der Waals surface area (Å²) in [4.78, 5) is 25.2. The molecule has 0 bridgehead atoms. The minimum absolute atomic E-state index is 0.0284. The van der Waals surface area contributed by atoms with Gasteiger partial charge in [0.25, 0.3) is 0 Å².